The van der Waals surface area contributed by atoms with Crippen molar-refractivity contribution < 1.29 is 18.8 Å². The van der Waals surface area contributed by atoms with Gasteiger partial charge in [0.2, 0.25) is 11.8 Å². The average molecular weight is 364 g/mol. The number of urea groups is 1. The number of rotatable bonds is 4. The molecule has 1 aromatic heterocycles. The number of aromatic nitrogens is 1. The molecule has 8 nitrogen and oxygen atoms in total. The molecule has 1 fully saturated rings. The molecular formula is C19H16N4O4. The van der Waals surface area contributed by atoms with Gasteiger partial charge in [-0.15, -0.1) is 0 Å². The van der Waals surface area contributed by atoms with Gasteiger partial charge in [0.05, 0.1) is 6.54 Å². The summed E-state index contributed by atoms with van der Waals surface area (Å²) in [5.74, 6) is -0.395. The van der Waals surface area contributed by atoms with Crippen molar-refractivity contribution >= 4 is 34.6 Å². The van der Waals surface area contributed by atoms with E-state index in [0.29, 0.717) is 22.7 Å². The number of hydrogen-bond donors (Lipinski definition) is 2. The number of amides is 4. The van der Waals surface area contributed by atoms with E-state index in [1.54, 1.807) is 18.2 Å². The number of benzene rings is 2. The summed E-state index contributed by atoms with van der Waals surface area (Å²) in [5.41, 5.74) is 3.64. The van der Waals surface area contributed by atoms with Gasteiger partial charge >= 0.3 is 6.03 Å². The van der Waals surface area contributed by atoms with Gasteiger partial charge in [-0.1, -0.05) is 18.2 Å². The Bertz CT molecular complexity index is 1060. The third-order valence-corrected chi connectivity index (χ3v) is 4.29. The molecule has 4 rings (SSSR count). The number of nitrogens with one attached hydrogen (secondary N) is 2. The standard InChI is InChI=1S/C19H16N4O4/c1-11-4-2-3-5-13(11)18-22-14-7-6-12(8-15(14)27-18)21-16(24)10-23-17(25)9-20-19(23)26/h2-8H,9-10H2,1H3,(H,20,26)(H,21,24). The highest BCUT2D eigenvalue weighted by molar-refractivity contribution is 6.06. The molecule has 3 aromatic rings. The van der Waals surface area contributed by atoms with E-state index in [1.807, 2.05) is 31.2 Å². The van der Waals surface area contributed by atoms with Crippen LogP contribution in [0, 0.1) is 6.92 Å². The summed E-state index contributed by atoms with van der Waals surface area (Å²) in [7, 11) is 0. The fraction of sp³-hybridized carbons (Fsp3) is 0.158. The maximum absolute atomic E-state index is 12.1. The molecule has 0 bridgehead atoms. The number of carbonyl (C=O) groups is 3. The summed E-state index contributed by atoms with van der Waals surface area (Å²) in [6.07, 6.45) is 0. The van der Waals surface area contributed by atoms with Gasteiger partial charge in [-0.3, -0.25) is 14.5 Å². The number of aryl methyl sites for hydroxylation is 1. The molecule has 1 aliphatic rings. The topological polar surface area (TPSA) is 105 Å². The van der Waals surface area contributed by atoms with E-state index in [9.17, 15) is 14.4 Å². The van der Waals surface area contributed by atoms with Crippen molar-refractivity contribution in [3.05, 3.63) is 48.0 Å². The summed E-state index contributed by atoms with van der Waals surface area (Å²) in [4.78, 5) is 40.5. The van der Waals surface area contributed by atoms with E-state index in [-0.39, 0.29) is 13.1 Å². The number of fused-ring (bicyclic) bond motifs is 1. The van der Waals surface area contributed by atoms with Crippen LogP contribution < -0.4 is 10.6 Å². The molecule has 1 aliphatic heterocycles. The van der Waals surface area contributed by atoms with Crippen molar-refractivity contribution in [1.29, 1.82) is 0 Å². The van der Waals surface area contributed by atoms with Gasteiger partial charge < -0.3 is 15.1 Å². The van der Waals surface area contributed by atoms with Crippen LogP contribution >= 0.6 is 0 Å². The third kappa shape index (κ3) is 3.24. The molecule has 27 heavy (non-hydrogen) atoms. The Morgan fingerprint density at radius 3 is 2.81 bits per heavy atom. The molecule has 2 N–H and O–H groups in total. The Hall–Kier alpha value is -3.68. The SMILES string of the molecule is Cc1ccccc1-c1nc2ccc(NC(=O)CN3C(=O)CNC3=O)cc2o1. The van der Waals surface area contributed by atoms with Gasteiger partial charge in [-0.25, -0.2) is 9.78 Å². The Balaban J connectivity index is 1.53. The van der Waals surface area contributed by atoms with Crippen LogP contribution in [0.1, 0.15) is 5.56 Å². The van der Waals surface area contributed by atoms with Gasteiger partial charge in [0.15, 0.2) is 5.58 Å². The maximum atomic E-state index is 12.1. The summed E-state index contributed by atoms with van der Waals surface area (Å²) in [6.45, 7) is 1.55. The van der Waals surface area contributed by atoms with E-state index in [4.69, 9.17) is 4.42 Å². The normalized spacial score (nSPS) is 13.9. The third-order valence-electron chi connectivity index (χ3n) is 4.29. The molecular weight excluding hydrogens is 348 g/mol. The van der Waals surface area contributed by atoms with Crippen molar-refractivity contribution in [2.24, 2.45) is 0 Å². The smallest absolute Gasteiger partial charge is 0.325 e. The fourth-order valence-corrected chi connectivity index (χ4v) is 2.89. The zero-order chi connectivity index (χ0) is 19.0. The van der Waals surface area contributed by atoms with Crippen LogP contribution in [0.4, 0.5) is 10.5 Å². The Morgan fingerprint density at radius 1 is 1.26 bits per heavy atom. The van der Waals surface area contributed by atoms with Crippen LogP contribution in [0.2, 0.25) is 0 Å². The molecule has 2 heterocycles. The van der Waals surface area contributed by atoms with E-state index in [2.05, 4.69) is 15.6 Å². The van der Waals surface area contributed by atoms with Crippen LogP contribution in [0.3, 0.4) is 0 Å². The van der Waals surface area contributed by atoms with E-state index >= 15 is 0 Å². The van der Waals surface area contributed by atoms with E-state index < -0.39 is 17.8 Å². The second-order valence-corrected chi connectivity index (χ2v) is 6.20. The summed E-state index contributed by atoms with van der Waals surface area (Å²) in [6, 6.07) is 12.3. The summed E-state index contributed by atoms with van der Waals surface area (Å²) in [5, 5.41) is 5.03. The molecule has 0 radical (unpaired) electrons. The van der Waals surface area contributed by atoms with E-state index in [0.717, 1.165) is 16.0 Å². The number of oxazole rings is 1. The molecule has 0 aliphatic carbocycles. The first-order chi connectivity index (χ1) is 13.0. The highest BCUT2D eigenvalue weighted by atomic mass is 16.3. The molecule has 136 valence electrons. The van der Waals surface area contributed by atoms with Crippen LogP contribution in [0.25, 0.3) is 22.6 Å². The summed E-state index contributed by atoms with van der Waals surface area (Å²) < 4.78 is 5.83. The number of hydrogen-bond acceptors (Lipinski definition) is 5. The van der Waals surface area contributed by atoms with Crippen molar-refractivity contribution in [2.45, 2.75) is 6.92 Å². The Morgan fingerprint density at radius 2 is 2.07 bits per heavy atom. The first kappa shape index (κ1) is 16.8. The van der Waals surface area contributed by atoms with Gasteiger partial charge in [-0.05, 0) is 30.7 Å². The van der Waals surface area contributed by atoms with Crippen molar-refractivity contribution in [1.82, 2.24) is 15.2 Å². The first-order valence-corrected chi connectivity index (χ1v) is 8.36. The predicted molar refractivity (Wildman–Crippen MR) is 97.9 cm³/mol. The molecule has 2 aromatic carbocycles. The fourth-order valence-electron chi connectivity index (χ4n) is 2.89. The molecule has 0 unspecified atom stereocenters. The maximum Gasteiger partial charge on any atom is 0.325 e. The highest BCUT2D eigenvalue weighted by Gasteiger charge is 2.30. The second kappa shape index (κ2) is 6.56. The minimum atomic E-state index is -0.566. The molecule has 0 atom stereocenters. The van der Waals surface area contributed by atoms with Crippen molar-refractivity contribution in [3.8, 4) is 11.5 Å². The molecule has 8 heteroatoms. The largest absolute Gasteiger partial charge is 0.436 e. The lowest BCUT2D eigenvalue weighted by atomic mass is 10.1. The lowest BCUT2D eigenvalue weighted by molar-refractivity contribution is -0.128. The van der Waals surface area contributed by atoms with E-state index in [1.165, 1.54) is 0 Å². The first-order valence-electron chi connectivity index (χ1n) is 8.36. The number of anilines is 1. The zero-order valence-corrected chi connectivity index (χ0v) is 14.5. The van der Waals surface area contributed by atoms with Gasteiger partial charge in [0.1, 0.15) is 12.1 Å². The van der Waals surface area contributed by atoms with Crippen molar-refractivity contribution in [2.75, 3.05) is 18.4 Å². The number of imide groups is 1. The molecule has 1 saturated heterocycles. The van der Waals surface area contributed by atoms with Gasteiger partial charge in [-0.2, -0.15) is 0 Å². The second-order valence-electron chi connectivity index (χ2n) is 6.20. The lowest BCUT2D eigenvalue weighted by Gasteiger charge is -2.12. The molecule has 0 saturated carbocycles. The molecule has 0 spiro atoms. The number of nitrogens with zero attached hydrogens (tertiary/aromatic N) is 2. The van der Waals surface area contributed by atoms with Crippen LogP contribution in [0.15, 0.2) is 46.9 Å². The average Bonchev–Trinajstić information content (AvgIpc) is 3.20. The highest BCUT2D eigenvalue weighted by Crippen LogP contribution is 2.28. The van der Waals surface area contributed by atoms with Crippen LogP contribution in [-0.4, -0.2) is 40.8 Å². The minimum Gasteiger partial charge on any atom is -0.436 e. The molecule has 4 amide bonds. The quantitative estimate of drug-likeness (QED) is 0.691. The van der Waals surface area contributed by atoms with Crippen molar-refractivity contribution in [3.63, 3.8) is 0 Å². The Labute approximate surface area is 154 Å². The number of carbonyl (C=O) groups excluding carboxylic acids is 3. The van der Waals surface area contributed by atoms with Gasteiger partial charge in [0, 0.05) is 17.3 Å². The van der Waals surface area contributed by atoms with Gasteiger partial charge in [0.25, 0.3) is 5.91 Å². The van der Waals surface area contributed by atoms with Crippen LogP contribution in [0.5, 0.6) is 0 Å². The predicted octanol–water partition coefficient (Wildman–Crippen LogP) is 2.29. The zero-order valence-electron chi connectivity index (χ0n) is 14.5. The summed E-state index contributed by atoms with van der Waals surface area (Å²) >= 11 is 0. The lowest BCUT2D eigenvalue weighted by Crippen LogP contribution is -2.38. The van der Waals surface area contributed by atoms with Crippen LogP contribution in [-0.2, 0) is 9.59 Å². The minimum absolute atomic E-state index is 0.0855. The Kier molecular flexibility index (Phi) is 4.08. The monoisotopic (exact) mass is 364 g/mol.